The highest BCUT2D eigenvalue weighted by Crippen LogP contribution is 2.31. The number of hydrogen-bond donors (Lipinski definition) is 2. The number of aromatic nitrogens is 2. The van der Waals surface area contributed by atoms with Gasteiger partial charge in [-0.1, -0.05) is 41.3 Å². The molecule has 1 unspecified atom stereocenters. The molecule has 1 amide bonds. The second-order valence-electron chi connectivity index (χ2n) is 5.66. The summed E-state index contributed by atoms with van der Waals surface area (Å²) in [6, 6.07) is 17.0. The fourth-order valence-electron chi connectivity index (χ4n) is 2.22. The number of nitrogens with one attached hydrogen (secondary N) is 2. The van der Waals surface area contributed by atoms with Gasteiger partial charge >= 0.3 is 0 Å². The van der Waals surface area contributed by atoms with Gasteiger partial charge in [-0.25, -0.2) is 0 Å². The Bertz CT molecular complexity index is 945. The summed E-state index contributed by atoms with van der Waals surface area (Å²) in [5.41, 5.74) is 0.822. The Morgan fingerprint density at radius 3 is 2.36 bits per heavy atom. The van der Waals surface area contributed by atoms with Crippen LogP contribution in [0.25, 0.3) is 0 Å². The minimum absolute atomic E-state index is 0.233. The van der Waals surface area contributed by atoms with Gasteiger partial charge in [-0.15, -0.1) is 10.2 Å². The van der Waals surface area contributed by atoms with E-state index in [0.29, 0.717) is 9.47 Å². The minimum atomic E-state index is -0.833. The van der Waals surface area contributed by atoms with Crippen LogP contribution >= 0.6 is 23.1 Å². The number of rotatable bonds is 8. The highest BCUT2D eigenvalue weighted by molar-refractivity contribution is 8.03. The lowest BCUT2D eigenvalue weighted by Crippen LogP contribution is -2.34. The van der Waals surface area contributed by atoms with Crippen LogP contribution in [0.1, 0.15) is 6.92 Å². The molecule has 144 valence electrons. The molecule has 28 heavy (non-hydrogen) atoms. The van der Waals surface area contributed by atoms with Crippen LogP contribution < -0.4 is 15.4 Å². The number of benzene rings is 2. The van der Waals surface area contributed by atoms with E-state index in [4.69, 9.17) is 4.74 Å². The smallest absolute Gasteiger partial charge is 0.240 e. The van der Waals surface area contributed by atoms with Crippen LogP contribution in [-0.4, -0.2) is 34.2 Å². The maximum absolute atomic E-state index is 11.8. The van der Waals surface area contributed by atoms with Crippen molar-refractivity contribution in [3.05, 3.63) is 54.6 Å². The molecule has 1 heterocycles. The van der Waals surface area contributed by atoms with Gasteiger partial charge in [0.2, 0.25) is 11.0 Å². The molecule has 0 aliphatic carbocycles. The second-order valence-corrected chi connectivity index (χ2v) is 7.99. The van der Waals surface area contributed by atoms with E-state index >= 15 is 0 Å². The molecule has 0 bridgehead atoms. The fourth-order valence-corrected chi connectivity index (χ4v) is 4.11. The molecule has 0 saturated carbocycles. The Hall–Kier alpha value is -2.91. The van der Waals surface area contributed by atoms with Crippen molar-refractivity contribution in [3.63, 3.8) is 0 Å². The van der Waals surface area contributed by atoms with Crippen LogP contribution in [-0.2, 0) is 9.59 Å². The lowest BCUT2D eigenvalue weighted by atomic mass is 10.3. The largest absolute Gasteiger partial charge is 0.457 e. The van der Waals surface area contributed by atoms with Crippen LogP contribution in [0.5, 0.6) is 11.5 Å². The van der Waals surface area contributed by atoms with Crippen molar-refractivity contribution >= 4 is 45.6 Å². The van der Waals surface area contributed by atoms with Crippen LogP contribution in [0.2, 0.25) is 0 Å². The zero-order valence-corrected chi connectivity index (χ0v) is 16.8. The molecular weight excluding hydrogens is 396 g/mol. The maximum atomic E-state index is 11.8. The van der Waals surface area contributed by atoms with Crippen molar-refractivity contribution in [2.45, 2.75) is 16.5 Å². The summed E-state index contributed by atoms with van der Waals surface area (Å²) in [6.07, 6.45) is 0. The van der Waals surface area contributed by atoms with Gasteiger partial charge in [0.05, 0.1) is 0 Å². The fraction of sp³-hybridized carbons (Fsp3) is 0.158. The third-order valence-electron chi connectivity index (χ3n) is 3.56. The lowest BCUT2D eigenvalue weighted by Gasteiger charge is -2.08. The first kappa shape index (κ1) is 19.8. The number of thioether (sulfide) groups is 1. The Kier molecular flexibility index (Phi) is 6.62. The third-order valence-corrected chi connectivity index (χ3v) is 5.80. The lowest BCUT2D eigenvalue weighted by molar-refractivity contribution is -0.126. The van der Waals surface area contributed by atoms with Gasteiger partial charge in [-0.3, -0.25) is 9.59 Å². The molecule has 0 radical (unpaired) electrons. The van der Waals surface area contributed by atoms with Crippen LogP contribution in [0.3, 0.4) is 0 Å². The summed E-state index contributed by atoms with van der Waals surface area (Å²) in [6.45, 7) is 1.38. The predicted octanol–water partition coefficient (Wildman–Crippen LogP) is 3.87. The number of Topliss-reactive ketones (excluding diaryl/α,β-unsaturated/α-hetero) is 1. The van der Waals surface area contributed by atoms with Gasteiger partial charge in [0.1, 0.15) is 16.7 Å². The zero-order valence-electron chi connectivity index (χ0n) is 15.2. The van der Waals surface area contributed by atoms with Gasteiger partial charge in [0.15, 0.2) is 10.1 Å². The number of ketones is 1. The van der Waals surface area contributed by atoms with E-state index in [1.807, 2.05) is 54.6 Å². The molecule has 2 aromatic carbocycles. The normalized spacial score (nSPS) is 11.5. The second kappa shape index (κ2) is 9.34. The number of nitrogens with zero attached hydrogens (tertiary/aromatic N) is 2. The number of ether oxygens (including phenoxy) is 1. The number of anilines is 2. The number of amides is 1. The highest BCUT2D eigenvalue weighted by Gasteiger charge is 2.25. The topological polar surface area (TPSA) is 93.2 Å². The molecule has 9 heteroatoms. The summed E-state index contributed by atoms with van der Waals surface area (Å²) >= 11 is 2.36. The van der Waals surface area contributed by atoms with Crippen molar-refractivity contribution in [1.82, 2.24) is 15.5 Å². The van der Waals surface area contributed by atoms with E-state index in [1.54, 1.807) is 0 Å². The number of carbonyl (C=O) groups is 2. The maximum Gasteiger partial charge on any atom is 0.240 e. The van der Waals surface area contributed by atoms with Crippen molar-refractivity contribution in [1.29, 1.82) is 0 Å². The number of para-hydroxylation sites is 1. The predicted molar refractivity (Wildman–Crippen MR) is 111 cm³/mol. The van der Waals surface area contributed by atoms with Crippen molar-refractivity contribution in [2.75, 3.05) is 12.4 Å². The first-order valence-electron chi connectivity index (χ1n) is 8.37. The van der Waals surface area contributed by atoms with E-state index in [1.165, 1.54) is 25.3 Å². The molecule has 1 aromatic heterocycles. The van der Waals surface area contributed by atoms with Crippen LogP contribution in [0.4, 0.5) is 10.8 Å². The van der Waals surface area contributed by atoms with E-state index in [9.17, 15) is 9.59 Å². The number of carbonyl (C=O) groups excluding carboxylic acids is 2. The van der Waals surface area contributed by atoms with Gasteiger partial charge in [-0.05, 0) is 43.3 Å². The standard InChI is InChI=1S/C19H18N4O3S2/c1-12(24)16(17(25)20-2)27-19-23-22-18(28-19)21-13-8-10-15(11-9-13)26-14-6-4-3-5-7-14/h3-11,16H,1-2H3,(H,20,25)(H,21,22). The average molecular weight is 415 g/mol. The minimum Gasteiger partial charge on any atom is -0.457 e. The molecule has 3 rings (SSSR count). The van der Waals surface area contributed by atoms with Gasteiger partial charge in [0, 0.05) is 12.7 Å². The van der Waals surface area contributed by atoms with Gasteiger partial charge in [0.25, 0.3) is 0 Å². The van der Waals surface area contributed by atoms with Crippen molar-refractivity contribution in [2.24, 2.45) is 0 Å². The quantitative estimate of drug-likeness (QED) is 0.427. The molecule has 7 nitrogen and oxygen atoms in total. The summed E-state index contributed by atoms with van der Waals surface area (Å²) in [4.78, 5) is 23.5. The molecule has 0 aliphatic heterocycles. The van der Waals surface area contributed by atoms with Crippen molar-refractivity contribution < 1.29 is 14.3 Å². The van der Waals surface area contributed by atoms with E-state index in [-0.39, 0.29) is 11.7 Å². The van der Waals surface area contributed by atoms with Crippen LogP contribution in [0.15, 0.2) is 58.9 Å². The molecule has 0 spiro atoms. The summed E-state index contributed by atoms with van der Waals surface area (Å²) in [5.74, 6) is 0.907. The van der Waals surface area contributed by atoms with E-state index in [0.717, 1.165) is 28.9 Å². The Labute approximate surface area is 170 Å². The SMILES string of the molecule is CNC(=O)C(Sc1nnc(Nc2ccc(Oc3ccccc3)cc2)s1)C(C)=O. The average Bonchev–Trinajstić information content (AvgIpc) is 3.14. The molecule has 0 saturated heterocycles. The Morgan fingerprint density at radius 1 is 1.04 bits per heavy atom. The summed E-state index contributed by atoms with van der Waals surface area (Å²) in [5, 5.41) is 13.5. The van der Waals surface area contributed by atoms with Crippen molar-refractivity contribution in [3.8, 4) is 11.5 Å². The molecule has 0 aliphatic rings. The molecule has 2 N–H and O–H groups in total. The summed E-state index contributed by atoms with van der Waals surface area (Å²) < 4.78 is 6.30. The van der Waals surface area contributed by atoms with E-state index in [2.05, 4.69) is 20.8 Å². The van der Waals surface area contributed by atoms with Gasteiger partial charge in [-0.2, -0.15) is 0 Å². The van der Waals surface area contributed by atoms with Crippen LogP contribution in [0, 0.1) is 0 Å². The molecule has 3 aromatic rings. The molecular formula is C19H18N4O3S2. The summed E-state index contributed by atoms with van der Waals surface area (Å²) in [7, 11) is 1.50. The first-order valence-corrected chi connectivity index (χ1v) is 10.1. The van der Waals surface area contributed by atoms with E-state index < -0.39 is 5.25 Å². The zero-order chi connectivity index (χ0) is 19.9. The monoisotopic (exact) mass is 414 g/mol. The first-order chi connectivity index (χ1) is 13.5. The number of hydrogen-bond acceptors (Lipinski definition) is 8. The Morgan fingerprint density at radius 2 is 1.71 bits per heavy atom. The van der Waals surface area contributed by atoms with Gasteiger partial charge < -0.3 is 15.4 Å². The molecule has 0 fully saturated rings. The molecule has 1 atom stereocenters. The third kappa shape index (κ3) is 5.30. The highest BCUT2D eigenvalue weighted by atomic mass is 32.2. The Balaban J connectivity index is 1.61.